The number of aryl methyl sites for hydroxylation is 2. The summed E-state index contributed by atoms with van der Waals surface area (Å²) in [6.07, 6.45) is 0. The van der Waals surface area contributed by atoms with Gasteiger partial charge in [0.25, 0.3) is 0 Å². The van der Waals surface area contributed by atoms with Crippen LogP contribution < -0.4 is 5.32 Å². The molecule has 0 bridgehead atoms. The fraction of sp³-hybridized carbons (Fsp3) is 0.625. The Kier molecular flexibility index (Phi) is 2.17. The van der Waals surface area contributed by atoms with Gasteiger partial charge in [0, 0.05) is 6.04 Å². The maximum absolute atomic E-state index is 4.98. The molecule has 1 rings (SSSR count). The number of aromatic nitrogens is 1. The predicted molar refractivity (Wildman–Crippen MR) is 44.7 cm³/mol. The van der Waals surface area contributed by atoms with Crippen LogP contribution in [0, 0.1) is 13.8 Å². The molecule has 0 amide bonds. The normalized spacial score (nSPS) is 10.6. The van der Waals surface area contributed by atoms with Crippen molar-refractivity contribution in [1.29, 1.82) is 0 Å². The Labute approximate surface area is 66.8 Å². The summed E-state index contributed by atoms with van der Waals surface area (Å²) in [5.74, 6) is 0.858. The SMILES string of the molecule is Cc1noc(C)c1NC(C)C. The van der Waals surface area contributed by atoms with Crippen LogP contribution in [0.2, 0.25) is 0 Å². The van der Waals surface area contributed by atoms with E-state index in [1.165, 1.54) is 0 Å². The second-order valence-electron chi connectivity index (χ2n) is 3.00. The van der Waals surface area contributed by atoms with Crippen LogP contribution in [0.15, 0.2) is 4.52 Å². The molecule has 0 radical (unpaired) electrons. The first-order valence-corrected chi connectivity index (χ1v) is 3.80. The average Bonchev–Trinajstić information content (AvgIpc) is 2.18. The van der Waals surface area contributed by atoms with E-state index in [0.717, 1.165) is 17.1 Å². The second kappa shape index (κ2) is 2.95. The van der Waals surface area contributed by atoms with Gasteiger partial charge in [-0.05, 0) is 27.7 Å². The number of rotatable bonds is 2. The van der Waals surface area contributed by atoms with Gasteiger partial charge in [0.1, 0.15) is 11.4 Å². The molecule has 1 heterocycles. The Morgan fingerprint density at radius 2 is 2.00 bits per heavy atom. The van der Waals surface area contributed by atoms with Gasteiger partial charge in [-0.1, -0.05) is 5.16 Å². The van der Waals surface area contributed by atoms with E-state index >= 15 is 0 Å². The lowest BCUT2D eigenvalue weighted by molar-refractivity contribution is 0.393. The Balaban J connectivity index is 2.83. The molecule has 0 saturated carbocycles. The van der Waals surface area contributed by atoms with Crippen LogP contribution in [-0.4, -0.2) is 11.2 Å². The lowest BCUT2D eigenvalue weighted by Crippen LogP contribution is -2.10. The summed E-state index contributed by atoms with van der Waals surface area (Å²) < 4.78 is 4.98. The molecule has 0 unspecified atom stereocenters. The van der Waals surface area contributed by atoms with Crippen molar-refractivity contribution in [3.05, 3.63) is 11.5 Å². The maximum atomic E-state index is 4.98. The van der Waals surface area contributed by atoms with Crippen LogP contribution in [0.3, 0.4) is 0 Å². The summed E-state index contributed by atoms with van der Waals surface area (Å²) in [6, 6.07) is 0.423. The van der Waals surface area contributed by atoms with Crippen molar-refractivity contribution >= 4 is 5.69 Å². The van der Waals surface area contributed by atoms with E-state index in [1.54, 1.807) is 0 Å². The number of nitrogens with one attached hydrogen (secondary N) is 1. The van der Waals surface area contributed by atoms with Gasteiger partial charge in [0.2, 0.25) is 0 Å². The van der Waals surface area contributed by atoms with E-state index in [9.17, 15) is 0 Å². The second-order valence-corrected chi connectivity index (χ2v) is 3.00. The van der Waals surface area contributed by atoms with Gasteiger partial charge >= 0.3 is 0 Å². The third kappa shape index (κ3) is 1.73. The fourth-order valence-corrected chi connectivity index (χ4v) is 0.978. The van der Waals surface area contributed by atoms with Crippen molar-refractivity contribution in [2.45, 2.75) is 33.7 Å². The predicted octanol–water partition coefficient (Wildman–Crippen LogP) is 2.11. The van der Waals surface area contributed by atoms with Gasteiger partial charge in [-0.25, -0.2) is 0 Å². The number of hydrogen-bond acceptors (Lipinski definition) is 3. The zero-order chi connectivity index (χ0) is 8.43. The Morgan fingerprint density at radius 3 is 2.36 bits per heavy atom. The standard InChI is InChI=1S/C8H14N2O/c1-5(2)9-8-6(3)10-11-7(8)4/h5,9H,1-4H3. The highest BCUT2D eigenvalue weighted by Gasteiger charge is 2.08. The van der Waals surface area contributed by atoms with Gasteiger partial charge in [-0.15, -0.1) is 0 Å². The first kappa shape index (κ1) is 8.11. The third-order valence-electron chi connectivity index (χ3n) is 1.47. The zero-order valence-electron chi connectivity index (χ0n) is 7.43. The maximum Gasteiger partial charge on any atom is 0.157 e. The van der Waals surface area contributed by atoms with Crippen molar-refractivity contribution in [2.24, 2.45) is 0 Å². The van der Waals surface area contributed by atoms with Gasteiger partial charge in [0.15, 0.2) is 5.76 Å². The lowest BCUT2D eigenvalue weighted by atomic mass is 10.3. The molecule has 3 nitrogen and oxygen atoms in total. The van der Waals surface area contributed by atoms with Crippen molar-refractivity contribution in [2.75, 3.05) is 5.32 Å². The van der Waals surface area contributed by atoms with Crippen LogP contribution in [0.25, 0.3) is 0 Å². The molecule has 11 heavy (non-hydrogen) atoms. The zero-order valence-corrected chi connectivity index (χ0v) is 7.43. The molecule has 0 atom stereocenters. The van der Waals surface area contributed by atoms with Crippen molar-refractivity contribution in [1.82, 2.24) is 5.16 Å². The van der Waals surface area contributed by atoms with Gasteiger partial charge in [0.05, 0.1) is 0 Å². The molecular weight excluding hydrogens is 140 g/mol. The van der Waals surface area contributed by atoms with Crippen molar-refractivity contribution < 1.29 is 4.52 Å². The van der Waals surface area contributed by atoms with Crippen LogP contribution in [-0.2, 0) is 0 Å². The van der Waals surface area contributed by atoms with E-state index in [2.05, 4.69) is 24.3 Å². The van der Waals surface area contributed by atoms with E-state index in [-0.39, 0.29) is 0 Å². The summed E-state index contributed by atoms with van der Waals surface area (Å²) in [5.41, 5.74) is 1.95. The largest absolute Gasteiger partial charge is 0.378 e. The summed E-state index contributed by atoms with van der Waals surface area (Å²) in [4.78, 5) is 0. The Hall–Kier alpha value is -0.990. The van der Waals surface area contributed by atoms with E-state index in [1.807, 2.05) is 13.8 Å². The molecule has 0 aliphatic heterocycles. The molecule has 1 aromatic heterocycles. The highest BCUT2D eigenvalue weighted by Crippen LogP contribution is 2.18. The molecule has 0 spiro atoms. The molecule has 62 valence electrons. The lowest BCUT2D eigenvalue weighted by Gasteiger charge is -2.07. The fourth-order valence-electron chi connectivity index (χ4n) is 0.978. The Morgan fingerprint density at radius 1 is 1.36 bits per heavy atom. The third-order valence-corrected chi connectivity index (χ3v) is 1.47. The van der Waals surface area contributed by atoms with Crippen LogP contribution >= 0.6 is 0 Å². The summed E-state index contributed by atoms with van der Waals surface area (Å²) in [6.45, 7) is 8.02. The highest BCUT2D eigenvalue weighted by molar-refractivity contribution is 5.50. The summed E-state index contributed by atoms with van der Waals surface area (Å²) in [7, 11) is 0. The molecular formula is C8H14N2O. The molecule has 0 aromatic carbocycles. The smallest absolute Gasteiger partial charge is 0.157 e. The molecule has 3 heteroatoms. The monoisotopic (exact) mass is 154 g/mol. The topological polar surface area (TPSA) is 38.1 Å². The highest BCUT2D eigenvalue weighted by atomic mass is 16.5. The van der Waals surface area contributed by atoms with Gasteiger partial charge in [-0.2, -0.15) is 0 Å². The number of nitrogens with zero attached hydrogens (tertiary/aromatic N) is 1. The van der Waals surface area contributed by atoms with E-state index < -0.39 is 0 Å². The average molecular weight is 154 g/mol. The molecule has 1 N–H and O–H groups in total. The molecule has 0 fully saturated rings. The quantitative estimate of drug-likeness (QED) is 0.709. The first-order valence-electron chi connectivity index (χ1n) is 3.80. The first-order chi connectivity index (χ1) is 5.11. The molecule has 0 saturated heterocycles. The molecule has 1 aromatic rings. The Bertz CT molecular complexity index is 221. The number of hydrogen-bond donors (Lipinski definition) is 1. The molecule has 0 aliphatic rings. The van der Waals surface area contributed by atoms with Gasteiger partial charge < -0.3 is 9.84 Å². The van der Waals surface area contributed by atoms with Crippen LogP contribution in [0.4, 0.5) is 5.69 Å². The van der Waals surface area contributed by atoms with Crippen molar-refractivity contribution in [3.8, 4) is 0 Å². The van der Waals surface area contributed by atoms with Gasteiger partial charge in [-0.3, -0.25) is 0 Å². The van der Waals surface area contributed by atoms with E-state index in [0.29, 0.717) is 6.04 Å². The molecule has 0 aliphatic carbocycles. The van der Waals surface area contributed by atoms with E-state index in [4.69, 9.17) is 4.52 Å². The minimum absolute atomic E-state index is 0.423. The van der Waals surface area contributed by atoms with Crippen molar-refractivity contribution in [3.63, 3.8) is 0 Å². The summed E-state index contributed by atoms with van der Waals surface area (Å²) in [5, 5.41) is 7.10. The summed E-state index contributed by atoms with van der Waals surface area (Å²) >= 11 is 0. The number of anilines is 1. The van der Waals surface area contributed by atoms with Crippen LogP contribution in [0.5, 0.6) is 0 Å². The minimum Gasteiger partial charge on any atom is -0.378 e. The van der Waals surface area contributed by atoms with Crippen LogP contribution in [0.1, 0.15) is 25.3 Å². The minimum atomic E-state index is 0.423.